The molecule has 0 radical (unpaired) electrons. The molecule has 1 aromatic heterocycles. The predicted molar refractivity (Wildman–Crippen MR) is 68.2 cm³/mol. The number of benzene rings is 1. The number of halogens is 1. The molecule has 18 heavy (non-hydrogen) atoms. The van der Waals surface area contributed by atoms with E-state index < -0.39 is 0 Å². The molecule has 1 aromatic carbocycles. The summed E-state index contributed by atoms with van der Waals surface area (Å²) in [4.78, 5) is 8.26. The predicted octanol–water partition coefficient (Wildman–Crippen LogP) is 2.88. The first-order chi connectivity index (χ1) is 8.72. The number of aromatic nitrogens is 2. The van der Waals surface area contributed by atoms with Crippen molar-refractivity contribution in [2.45, 2.75) is 6.92 Å². The third-order valence-electron chi connectivity index (χ3n) is 2.66. The highest BCUT2D eigenvalue weighted by atomic mass is 35.5. The Hall–Kier alpha value is -1.81. The quantitative estimate of drug-likeness (QED) is 0.742. The molecule has 0 N–H and O–H groups in total. The van der Waals surface area contributed by atoms with Crippen LogP contribution >= 0.6 is 11.6 Å². The molecule has 0 unspecified atom stereocenters. The lowest BCUT2D eigenvalue weighted by Gasteiger charge is -2.18. The standard InChI is InChI=1S/C13H11ClN2O2/c1-8-6-10(16-13(14)15-8)9-2-3-11-12(7-9)18-5-4-17-11/h2-3,6-7H,4-5H2,1H3. The highest BCUT2D eigenvalue weighted by molar-refractivity contribution is 6.28. The van der Waals surface area contributed by atoms with E-state index in [1.54, 1.807) is 0 Å². The second kappa shape index (κ2) is 4.46. The van der Waals surface area contributed by atoms with Crippen molar-refractivity contribution in [3.05, 3.63) is 35.2 Å². The molecule has 0 aliphatic carbocycles. The minimum atomic E-state index is 0.250. The molecule has 0 amide bonds. The fourth-order valence-corrected chi connectivity index (χ4v) is 2.11. The van der Waals surface area contributed by atoms with Crippen LogP contribution in [-0.2, 0) is 0 Å². The first-order valence-electron chi connectivity index (χ1n) is 5.63. The Morgan fingerprint density at radius 3 is 2.61 bits per heavy atom. The lowest BCUT2D eigenvalue weighted by Crippen LogP contribution is -2.15. The van der Waals surface area contributed by atoms with Gasteiger partial charge >= 0.3 is 0 Å². The molecule has 2 aromatic rings. The largest absolute Gasteiger partial charge is 0.486 e. The molecule has 0 spiro atoms. The summed E-state index contributed by atoms with van der Waals surface area (Å²) in [5.74, 6) is 1.51. The van der Waals surface area contributed by atoms with Crippen LogP contribution in [0.1, 0.15) is 5.69 Å². The first-order valence-corrected chi connectivity index (χ1v) is 6.01. The van der Waals surface area contributed by atoms with Crippen molar-refractivity contribution in [3.63, 3.8) is 0 Å². The van der Waals surface area contributed by atoms with Crippen molar-refractivity contribution >= 4 is 11.6 Å². The average molecular weight is 263 g/mol. The molecule has 2 heterocycles. The molecule has 3 rings (SSSR count). The van der Waals surface area contributed by atoms with E-state index in [1.165, 1.54) is 0 Å². The first kappa shape index (κ1) is 11.3. The molecule has 0 saturated heterocycles. The van der Waals surface area contributed by atoms with Crippen molar-refractivity contribution in [1.82, 2.24) is 9.97 Å². The van der Waals surface area contributed by atoms with Gasteiger partial charge in [-0.25, -0.2) is 9.97 Å². The van der Waals surface area contributed by atoms with Crippen LogP contribution in [0.5, 0.6) is 11.5 Å². The van der Waals surface area contributed by atoms with Gasteiger partial charge in [0.25, 0.3) is 0 Å². The Morgan fingerprint density at radius 1 is 1.06 bits per heavy atom. The van der Waals surface area contributed by atoms with Crippen LogP contribution in [0.15, 0.2) is 24.3 Å². The summed E-state index contributed by atoms with van der Waals surface area (Å²) in [5.41, 5.74) is 2.55. The van der Waals surface area contributed by atoms with Gasteiger partial charge in [-0.2, -0.15) is 0 Å². The minimum absolute atomic E-state index is 0.250. The monoisotopic (exact) mass is 262 g/mol. The fourth-order valence-electron chi connectivity index (χ4n) is 1.88. The number of ether oxygens (including phenoxy) is 2. The van der Waals surface area contributed by atoms with Crippen LogP contribution < -0.4 is 9.47 Å². The highest BCUT2D eigenvalue weighted by Crippen LogP contribution is 2.34. The summed E-state index contributed by atoms with van der Waals surface area (Å²) in [5, 5.41) is 0.250. The maximum Gasteiger partial charge on any atom is 0.223 e. The van der Waals surface area contributed by atoms with Crippen LogP contribution in [-0.4, -0.2) is 23.2 Å². The Bertz CT molecular complexity index is 581. The number of nitrogens with zero attached hydrogens (tertiary/aromatic N) is 2. The summed E-state index contributed by atoms with van der Waals surface area (Å²) in [6.07, 6.45) is 0. The molecule has 0 bridgehead atoms. The van der Waals surface area contributed by atoms with E-state index in [0.717, 1.165) is 28.5 Å². The van der Waals surface area contributed by atoms with E-state index in [2.05, 4.69) is 9.97 Å². The Kier molecular flexibility index (Phi) is 2.80. The van der Waals surface area contributed by atoms with Gasteiger partial charge in [0.05, 0.1) is 5.69 Å². The van der Waals surface area contributed by atoms with Crippen LogP contribution in [0.4, 0.5) is 0 Å². The molecule has 0 saturated carbocycles. The summed E-state index contributed by atoms with van der Waals surface area (Å²) in [6.45, 7) is 3.04. The van der Waals surface area contributed by atoms with Crippen LogP contribution in [0.2, 0.25) is 5.28 Å². The van der Waals surface area contributed by atoms with Crippen LogP contribution in [0, 0.1) is 6.92 Å². The Morgan fingerprint density at radius 2 is 1.83 bits per heavy atom. The van der Waals surface area contributed by atoms with Gasteiger partial charge in [0, 0.05) is 11.3 Å². The molecule has 92 valence electrons. The molecule has 4 nitrogen and oxygen atoms in total. The van der Waals surface area contributed by atoms with E-state index >= 15 is 0 Å². The van der Waals surface area contributed by atoms with Crippen molar-refractivity contribution in [2.75, 3.05) is 13.2 Å². The number of hydrogen-bond acceptors (Lipinski definition) is 4. The van der Waals surface area contributed by atoms with E-state index in [0.29, 0.717) is 13.2 Å². The van der Waals surface area contributed by atoms with Gasteiger partial charge in [0.15, 0.2) is 11.5 Å². The van der Waals surface area contributed by atoms with Gasteiger partial charge in [-0.3, -0.25) is 0 Å². The zero-order valence-electron chi connectivity index (χ0n) is 9.81. The molecule has 0 fully saturated rings. The average Bonchev–Trinajstić information content (AvgIpc) is 2.37. The summed E-state index contributed by atoms with van der Waals surface area (Å²) >= 11 is 5.87. The van der Waals surface area contributed by atoms with Gasteiger partial charge in [-0.1, -0.05) is 0 Å². The highest BCUT2D eigenvalue weighted by Gasteiger charge is 2.13. The smallest absolute Gasteiger partial charge is 0.223 e. The zero-order valence-corrected chi connectivity index (χ0v) is 10.6. The summed E-state index contributed by atoms with van der Waals surface area (Å²) < 4.78 is 11.0. The molecule has 5 heteroatoms. The number of hydrogen-bond donors (Lipinski definition) is 0. The van der Waals surface area contributed by atoms with E-state index in [9.17, 15) is 0 Å². The van der Waals surface area contributed by atoms with Crippen molar-refractivity contribution in [1.29, 1.82) is 0 Å². The molecular formula is C13H11ClN2O2. The Labute approximate surface area is 110 Å². The lowest BCUT2D eigenvalue weighted by molar-refractivity contribution is 0.171. The molecular weight excluding hydrogens is 252 g/mol. The van der Waals surface area contributed by atoms with Gasteiger partial charge < -0.3 is 9.47 Å². The molecule has 0 atom stereocenters. The number of rotatable bonds is 1. The maximum absolute atomic E-state index is 5.87. The van der Waals surface area contributed by atoms with E-state index in [-0.39, 0.29) is 5.28 Å². The normalized spacial score (nSPS) is 13.4. The zero-order chi connectivity index (χ0) is 12.5. The fraction of sp³-hybridized carbons (Fsp3) is 0.231. The van der Waals surface area contributed by atoms with Crippen molar-refractivity contribution < 1.29 is 9.47 Å². The second-order valence-corrected chi connectivity index (χ2v) is 4.36. The van der Waals surface area contributed by atoms with Gasteiger partial charge in [0.1, 0.15) is 13.2 Å². The van der Waals surface area contributed by atoms with Crippen molar-refractivity contribution in [3.8, 4) is 22.8 Å². The van der Waals surface area contributed by atoms with E-state index in [4.69, 9.17) is 21.1 Å². The number of aryl methyl sites for hydroxylation is 1. The molecule has 1 aliphatic heterocycles. The Balaban J connectivity index is 2.06. The summed E-state index contributed by atoms with van der Waals surface area (Å²) in [6, 6.07) is 7.62. The number of fused-ring (bicyclic) bond motifs is 1. The lowest BCUT2D eigenvalue weighted by atomic mass is 10.1. The second-order valence-electron chi connectivity index (χ2n) is 4.02. The topological polar surface area (TPSA) is 44.2 Å². The SMILES string of the molecule is Cc1cc(-c2ccc3c(c2)OCCO3)nc(Cl)n1. The van der Waals surface area contributed by atoms with Gasteiger partial charge in [-0.05, 0) is 42.8 Å². The third-order valence-corrected chi connectivity index (χ3v) is 2.83. The molecule has 1 aliphatic rings. The maximum atomic E-state index is 5.87. The van der Waals surface area contributed by atoms with Crippen LogP contribution in [0.3, 0.4) is 0 Å². The summed E-state index contributed by atoms with van der Waals surface area (Å²) in [7, 11) is 0. The van der Waals surface area contributed by atoms with Gasteiger partial charge in [-0.15, -0.1) is 0 Å². The van der Waals surface area contributed by atoms with E-state index in [1.807, 2.05) is 31.2 Å². The van der Waals surface area contributed by atoms with Gasteiger partial charge in [0.2, 0.25) is 5.28 Å². The van der Waals surface area contributed by atoms with Crippen LogP contribution in [0.25, 0.3) is 11.3 Å². The minimum Gasteiger partial charge on any atom is -0.486 e. The van der Waals surface area contributed by atoms with Crippen molar-refractivity contribution in [2.24, 2.45) is 0 Å². The third kappa shape index (κ3) is 2.11.